The summed E-state index contributed by atoms with van der Waals surface area (Å²) in [5.74, 6) is -1.32. The van der Waals surface area contributed by atoms with E-state index in [0.717, 1.165) is 6.20 Å². The number of rotatable bonds is 2. The second-order valence-corrected chi connectivity index (χ2v) is 3.62. The highest BCUT2D eigenvalue weighted by Crippen LogP contribution is 2.17. The smallest absolute Gasteiger partial charge is 0.353 e. The summed E-state index contributed by atoms with van der Waals surface area (Å²) < 4.78 is 17.9. The molecule has 0 aliphatic rings. The van der Waals surface area contributed by atoms with Crippen molar-refractivity contribution in [2.75, 3.05) is 0 Å². The van der Waals surface area contributed by atoms with Crippen LogP contribution in [-0.2, 0) is 0 Å². The molecule has 3 nitrogen and oxygen atoms in total. The van der Waals surface area contributed by atoms with Gasteiger partial charge in [0.25, 0.3) is 0 Å². The van der Waals surface area contributed by atoms with E-state index in [2.05, 4.69) is 4.98 Å². The molecule has 0 saturated carbocycles. The largest absolute Gasteiger partial charge is 0.419 e. The van der Waals surface area contributed by atoms with Crippen LogP contribution in [0.25, 0.3) is 0 Å². The molecule has 0 amide bonds. The summed E-state index contributed by atoms with van der Waals surface area (Å²) in [4.78, 5) is 15.4. The molecule has 15 heavy (non-hydrogen) atoms. The number of esters is 1. The van der Waals surface area contributed by atoms with Crippen LogP contribution >= 0.6 is 11.3 Å². The van der Waals surface area contributed by atoms with E-state index >= 15 is 0 Å². The summed E-state index contributed by atoms with van der Waals surface area (Å²) in [6.45, 7) is 0. The predicted octanol–water partition coefficient (Wildman–Crippen LogP) is 2.50. The van der Waals surface area contributed by atoms with Crippen LogP contribution in [0.2, 0.25) is 0 Å². The van der Waals surface area contributed by atoms with Gasteiger partial charge in [-0.25, -0.2) is 9.18 Å². The van der Waals surface area contributed by atoms with E-state index < -0.39 is 11.8 Å². The van der Waals surface area contributed by atoms with E-state index in [0.29, 0.717) is 4.88 Å². The minimum atomic E-state index is -0.651. The lowest BCUT2D eigenvalue weighted by Crippen LogP contribution is -2.07. The molecular weight excluding hydrogens is 217 g/mol. The number of halogens is 1. The van der Waals surface area contributed by atoms with Crippen molar-refractivity contribution < 1.29 is 13.9 Å². The molecule has 0 atom stereocenters. The lowest BCUT2D eigenvalue weighted by atomic mass is 10.4. The number of aromatic nitrogens is 1. The Morgan fingerprint density at radius 1 is 1.47 bits per heavy atom. The molecule has 0 unspecified atom stereocenters. The Morgan fingerprint density at radius 3 is 3.00 bits per heavy atom. The van der Waals surface area contributed by atoms with Gasteiger partial charge >= 0.3 is 5.97 Å². The van der Waals surface area contributed by atoms with Gasteiger partial charge in [-0.05, 0) is 11.4 Å². The molecule has 0 fully saturated rings. The highest BCUT2D eigenvalue weighted by Gasteiger charge is 2.11. The maximum Gasteiger partial charge on any atom is 0.353 e. The first kappa shape index (κ1) is 9.79. The van der Waals surface area contributed by atoms with Crippen molar-refractivity contribution in [1.29, 1.82) is 0 Å². The molecule has 0 aliphatic heterocycles. The third-order valence-electron chi connectivity index (χ3n) is 1.66. The minimum Gasteiger partial charge on any atom is -0.419 e. The summed E-state index contributed by atoms with van der Waals surface area (Å²) in [6, 6.07) is 4.65. The minimum absolute atomic E-state index is 0.108. The Hall–Kier alpha value is -1.75. The van der Waals surface area contributed by atoms with Gasteiger partial charge in [-0.1, -0.05) is 6.07 Å². The van der Waals surface area contributed by atoms with Crippen LogP contribution in [0.5, 0.6) is 5.75 Å². The molecule has 0 radical (unpaired) electrons. The number of nitrogens with zero attached hydrogens (tertiary/aromatic N) is 1. The average molecular weight is 223 g/mol. The Bertz CT molecular complexity index is 470. The number of thiophene rings is 1. The number of carbonyl (C=O) groups is 1. The fraction of sp³-hybridized carbons (Fsp3) is 0. The van der Waals surface area contributed by atoms with E-state index in [1.54, 1.807) is 17.5 Å². The quantitative estimate of drug-likeness (QED) is 0.734. The summed E-state index contributed by atoms with van der Waals surface area (Å²) in [5, 5.41) is 1.75. The molecule has 2 aromatic heterocycles. The molecule has 2 aromatic rings. The van der Waals surface area contributed by atoms with Crippen LogP contribution in [0, 0.1) is 5.82 Å². The predicted molar refractivity (Wildman–Crippen MR) is 53.5 cm³/mol. The number of pyridine rings is 1. The number of ether oxygens (including phenoxy) is 1. The molecule has 0 aliphatic carbocycles. The first-order chi connectivity index (χ1) is 7.27. The van der Waals surface area contributed by atoms with Gasteiger partial charge < -0.3 is 4.74 Å². The van der Waals surface area contributed by atoms with E-state index in [1.807, 2.05) is 0 Å². The number of hydrogen-bond donors (Lipinski definition) is 0. The van der Waals surface area contributed by atoms with Crippen LogP contribution in [0.3, 0.4) is 0 Å². The van der Waals surface area contributed by atoms with Crippen LogP contribution in [0.15, 0.2) is 36.0 Å². The Labute approximate surface area is 89.2 Å². The van der Waals surface area contributed by atoms with Gasteiger partial charge in [0.2, 0.25) is 0 Å². The van der Waals surface area contributed by atoms with Crippen LogP contribution in [0.4, 0.5) is 4.39 Å². The van der Waals surface area contributed by atoms with E-state index in [1.165, 1.54) is 23.6 Å². The summed E-state index contributed by atoms with van der Waals surface area (Å²) in [6.07, 6.45) is 2.36. The Balaban J connectivity index is 2.17. The first-order valence-electron chi connectivity index (χ1n) is 4.12. The fourth-order valence-corrected chi connectivity index (χ4v) is 1.59. The molecule has 76 valence electrons. The SMILES string of the molecule is O=C(Oc1ccncc1F)c1cccs1. The zero-order valence-corrected chi connectivity index (χ0v) is 8.33. The van der Waals surface area contributed by atoms with Gasteiger partial charge in [-0.15, -0.1) is 11.3 Å². The second-order valence-electron chi connectivity index (χ2n) is 2.67. The van der Waals surface area contributed by atoms with Gasteiger partial charge in [-0.3, -0.25) is 4.98 Å². The Kier molecular flexibility index (Phi) is 2.73. The highest BCUT2D eigenvalue weighted by molar-refractivity contribution is 7.12. The molecule has 0 spiro atoms. The third kappa shape index (κ3) is 2.19. The van der Waals surface area contributed by atoms with Gasteiger partial charge in [-0.2, -0.15) is 0 Å². The van der Waals surface area contributed by atoms with Crippen molar-refractivity contribution in [2.24, 2.45) is 0 Å². The zero-order valence-electron chi connectivity index (χ0n) is 7.51. The summed E-state index contributed by atoms with van der Waals surface area (Å²) in [5.41, 5.74) is 0. The van der Waals surface area contributed by atoms with Crippen molar-refractivity contribution in [3.63, 3.8) is 0 Å². The van der Waals surface area contributed by atoms with Gasteiger partial charge in [0.15, 0.2) is 11.6 Å². The van der Waals surface area contributed by atoms with E-state index in [4.69, 9.17) is 4.74 Å². The van der Waals surface area contributed by atoms with Crippen LogP contribution in [0.1, 0.15) is 9.67 Å². The molecule has 2 rings (SSSR count). The number of carbonyl (C=O) groups excluding carboxylic acids is 1. The van der Waals surface area contributed by atoms with Gasteiger partial charge in [0.1, 0.15) is 4.88 Å². The van der Waals surface area contributed by atoms with Crippen molar-refractivity contribution in [3.8, 4) is 5.75 Å². The Morgan fingerprint density at radius 2 is 2.33 bits per heavy atom. The summed E-state index contributed by atoms with van der Waals surface area (Å²) >= 11 is 1.24. The molecule has 0 saturated heterocycles. The lowest BCUT2D eigenvalue weighted by Gasteiger charge is -2.02. The highest BCUT2D eigenvalue weighted by atomic mass is 32.1. The maximum atomic E-state index is 13.1. The van der Waals surface area contributed by atoms with E-state index in [9.17, 15) is 9.18 Å². The fourth-order valence-electron chi connectivity index (χ4n) is 0.990. The van der Waals surface area contributed by atoms with Gasteiger partial charge in [0.05, 0.1) is 6.20 Å². The van der Waals surface area contributed by atoms with Crippen molar-refractivity contribution in [2.45, 2.75) is 0 Å². The maximum absolute atomic E-state index is 13.1. The van der Waals surface area contributed by atoms with Crippen molar-refractivity contribution in [3.05, 3.63) is 46.7 Å². The van der Waals surface area contributed by atoms with Crippen molar-refractivity contribution >= 4 is 17.3 Å². The van der Waals surface area contributed by atoms with Crippen LogP contribution in [-0.4, -0.2) is 11.0 Å². The summed E-state index contributed by atoms with van der Waals surface area (Å²) in [7, 11) is 0. The molecule has 0 bridgehead atoms. The molecule has 0 aromatic carbocycles. The molecular formula is C10H6FNO2S. The first-order valence-corrected chi connectivity index (χ1v) is 5.00. The standard InChI is InChI=1S/C10H6FNO2S/c11-7-6-12-4-3-8(7)14-10(13)9-2-1-5-15-9/h1-6H. The average Bonchev–Trinajstić information content (AvgIpc) is 2.74. The number of hydrogen-bond acceptors (Lipinski definition) is 4. The van der Waals surface area contributed by atoms with Gasteiger partial charge in [0, 0.05) is 12.3 Å². The lowest BCUT2D eigenvalue weighted by molar-refractivity contribution is 0.0732. The topological polar surface area (TPSA) is 39.2 Å². The molecule has 0 N–H and O–H groups in total. The normalized spacial score (nSPS) is 9.93. The monoisotopic (exact) mass is 223 g/mol. The van der Waals surface area contributed by atoms with Crippen molar-refractivity contribution in [1.82, 2.24) is 4.98 Å². The molecule has 5 heteroatoms. The zero-order chi connectivity index (χ0) is 10.7. The second kappa shape index (κ2) is 4.18. The van der Waals surface area contributed by atoms with E-state index in [-0.39, 0.29) is 5.75 Å². The molecule has 2 heterocycles. The van der Waals surface area contributed by atoms with Crippen LogP contribution < -0.4 is 4.74 Å². The third-order valence-corrected chi connectivity index (χ3v) is 2.51.